The molecule has 0 saturated heterocycles. The maximum Gasteiger partial charge on any atom is 0.242 e. The van der Waals surface area contributed by atoms with Gasteiger partial charge < -0.3 is 9.73 Å². The van der Waals surface area contributed by atoms with Crippen molar-refractivity contribution in [3.05, 3.63) is 77.9 Å². The topological polar surface area (TPSA) is 58.4 Å². The lowest BCUT2D eigenvalue weighted by Crippen LogP contribution is -2.36. The molecule has 6 heteroatoms. The van der Waals surface area contributed by atoms with Gasteiger partial charge in [0.15, 0.2) is 0 Å². The molecule has 3 rings (SSSR count). The van der Waals surface area contributed by atoms with Crippen LogP contribution in [-0.4, -0.2) is 29.9 Å². The van der Waals surface area contributed by atoms with Crippen molar-refractivity contribution < 1.29 is 13.6 Å². The Kier molecular flexibility index (Phi) is 5.43. The van der Waals surface area contributed by atoms with Gasteiger partial charge in [0.1, 0.15) is 18.1 Å². The Hall–Kier alpha value is -2.99. The van der Waals surface area contributed by atoms with Gasteiger partial charge in [0.25, 0.3) is 0 Å². The third kappa shape index (κ3) is 4.15. The molecule has 0 bridgehead atoms. The molecule has 0 aliphatic heterocycles. The van der Waals surface area contributed by atoms with Gasteiger partial charge >= 0.3 is 0 Å². The monoisotopic (exact) mass is 353 g/mol. The summed E-state index contributed by atoms with van der Waals surface area (Å²) < 4.78 is 19.0. The number of oxazole rings is 1. The van der Waals surface area contributed by atoms with Crippen molar-refractivity contribution in [1.82, 2.24) is 15.2 Å². The van der Waals surface area contributed by atoms with Crippen LogP contribution >= 0.6 is 0 Å². The number of carbonyl (C=O) groups excluding carboxylic acids is 1. The molecule has 0 unspecified atom stereocenters. The number of benzene rings is 2. The van der Waals surface area contributed by atoms with Gasteiger partial charge in [-0.1, -0.05) is 30.3 Å². The highest BCUT2D eigenvalue weighted by molar-refractivity contribution is 5.83. The van der Waals surface area contributed by atoms with Crippen LogP contribution in [0.4, 0.5) is 4.39 Å². The zero-order valence-corrected chi connectivity index (χ0v) is 14.6. The van der Waals surface area contributed by atoms with E-state index in [2.05, 4.69) is 10.3 Å². The van der Waals surface area contributed by atoms with Crippen molar-refractivity contribution in [2.45, 2.75) is 12.6 Å². The Bertz CT molecular complexity index is 878. The summed E-state index contributed by atoms with van der Waals surface area (Å²) in [6, 6.07) is 15.0. The summed E-state index contributed by atoms with van der Waals surface area (Å²) >= 11 is 0. The van der Waals surface area contributed by atoms with Crippen molar-refractivity contribution in [3.8, 4) is 11.5 Å². The second-order valence-corrected chi connectivity index (χ2v) is 6.15. The Morgan fingerprint density at radius 3 is 2.65 bits per heavy atom. The van der Waals surface area contributed by atoms with E-state index in [1.54, 1.807) is 31.1 Å². The van der Waals surface area contributed by atoms with E-state index in [9.17, 15) is 9.18 Å². The second-order valence-electron chi connectivity index (χ2n) is 6.15. The molecular weight excluding hydrogens is 333 g/mol. The quantitative estimate of drug-likeness (QED) is 0.738. The number of amides is 1. The van der Waals surface area contributed by atoms with Crippen LogP contribution in [-0.2, 0) is 11.3 Å². The van der Waals surface area contributed by atoms with Crippen LogP contribution < -0.4 is 5.32 Å². The average Bonchev–Trinajstić information content (AvgIpc) is 3.10. The summed E-state index contributed by atoms with van der Waals surface area (Å²) in [6.45, 7) is 0.231. The van der Waals surface area contributed by atoms with E-state index in [-0.39, 0.29) is 18.3 Å². The zero-order valence-electron chi connectivity index (χ0n) is 14.6. The summed E-state index contributed by atoms with van der Waals surface area (Å²) in [5.74, 6) is -0.0971. The van der Waals surface area contributed by atoms with Crippen LogP contribution in [0.5, 0.6) is 0 Å². The van der Waals surface area contributed by atoms with Crippen molar-refractivity contribution in [2.24, 2.45) is 0 Å². The first-order chi connectivity index (χ1) is 12.5. The van der Waals surface area contributed by atoms with E-state index in [0.29, 0.717) is 17.1 Å². The minimum atomic E-state index is -0.591. The fraction of sp³-hybridized carbons (Fsp3) is 0.200. The van der Waals surface area contributed by atoms with Crippen molar-refractivity contribution >= 4 is 5.91 Å². The maximum atomic E-state index is 13.5. The predicted octanol–water partition coefficient (Wildman–Crippen LogP) is 3.40. The molecule has 0 spiro atoms. The van der Waals surface area contributed by atoms with Gasteiger partial charge in [-0.2, -0.15) is 0 Å². The SMILES string of the molecule is CN(C)[C@H](C(=O)NCc1coc(-c2ccccc2)n1)c1cccc(F)c1. The lowest BCUT2D eigenvalue weighted by molar-refractivity contribution is -0.126. The van der Waals surface area contributed by atoms with Gasteiger partial charge in [-0.3, -0.25) is 9.69 Å². The molecule has 0 saturated carbocycles. The number of carbonyl (C=O) groups is 1. The molecule has 0 fully saturated rings. The maximum absolute atomic E-state index is 13.5. The Balaban J connectivity index is 1.68. The fourth-order valence-corrected chi connectivity index (χ4v) is 2.74. The second kappa shape index (κ2) is 7.93. The number of rotatable bonds is 6. The van der Waals surface area contributed by atoms with Gasteiger partial charge in [0.2, 0.25) is 11.8 Å². The molecule has 1 heterocycles. The molecular formula is C20H20FN3O2. The highest BCUT2D eigenvalue weighted by Gasteiger charge is 2.23. The zero-order chi connectivity index (χ0) is 18.5. The van der Waals surface area contributed by atoms with Gasteiger partial charge in [0, 0.05) is 5.56 Å². The van der Waals surface area contributed by atoms with E-state index >= 15 is 0 Å². The minimum absolute atomic E-state index is 0.231. The molecule has 2 aromatic carbocycles. The van der Waals surface area contributed by atoms with Gasteiger partial charge in [-0.15, -0.1) is 0 Å². The average molecular weight is 353 g/mol. The Labute approximate surface area is 151 Å². The van der Waals surface area contributed by atoms with Crippen molar-refractivity contribution in [3.63, 3.8) is 0 Å². The molecule has 5 nitrogen and oxygen atoms in total. The first kappa shape index (κ1) is 17.8. The van der Waals surface area contributed by atoms with E-state index in [4.69, 9.17) is 4.42 Å². The van der Waals surface area contributed by atoms with Crippen molar-refractivity contribution in [1.29, 1.82) is 0 Å². The number of halogens is 1. The summed E-state index contributed by atoms with van der Waals surface area (Å²) in [5, 5.41) is 2.84. The van der Waals surface area contributed by atoms with Crippen LogP contribution in [0.15, 0.2) is 65.3 Å². The first-order valence-corrected chi connectivity index (χ1v) is 8.24. The van der Waals surface area contributed by atoms with Crippen LogP contribution in [0.1, 0.15) is 17.3 Å². The summed E-state index contributed by atoms with van der Waals surface area (Å²) in [7, 11) is 3.55. The van der Waals surface area contributed by atoms with Crippen LogP contribution in [0.3, 0.4) is 0 Å². The van der Waals surface area contributed by atoms with E-state index in [1.165, 1.54) is 18.4 Å². The number of likely N-dealkylation sites (N-methyl/N-ethyl adjacent to an activating group) is 1. The molecule has 1 atom stereocenters. The van der Waals surface area contributed by atoms with E-state index in [0.717, 1.165) is 5.56 Å². The summed E-state index contributed by atoms with van der Waals surface area (Å²) in [6.07, 6.45) is 1.52. The third-order valence-corrected chi connectivity index (χ3v) is 3.95. The predicted molar refractivity (Wildman–Crippen MR) is 96.6 cm³/mol. The molecule has 134 valence electrons. The molecule has 1 aromatic heterocycles. The normalized spacial score (nSPS) is 12.2. The van der Waals surface area contributed by atoms with E-state index in [1.807, 2.05) is 30.3 Å². The lowest BCUT2D eigenvalue weighted by atomic mass is 10.1. The minimum Gasteiger partial charge on any atom is -0.444 e. The summed E-state index contributed by atoms with van der Waals surface area (Å²) in [5.41, 5.74) is 2.09. The van der Waals surface area contributed by atoms with Crippen LogP contribution in [0.2, 0.25) is 0 Å². The van der Waals surface area contributed by atoms with E-state index < -0.39 is 6.04 Å². The number of nitrogens with zero attached hydrogens (tertiary/aromatic N) is 2. The molecule has 3 aromatic rings. The molecule has 1 N–H and O–H groups in total. The fourth-order valence-electron chi connectivity index (χ4n) is 2.74. The number of hydrogen-bond donors (Lipinski definition) is 1. The summed E-state index contributed by atoms with van der Waals surface area (Å²) in [4.78, 5) is 18.7. The molecule has 0 aliphatic rings. The smallest absolute Gasteiger partial charge is 0.242 e. The highest BCUT2D eigenvalue weighted by Crippen LogP contribution is 2.20. The number of aromatic nitrogens is 1. The third-order valence-electron chi connectivity index (χ3n) is 3.95. The number of hydrogen-bond acceptors (Lipinski definition) is 4. The Morgan fingerprint density at radius 2 is 1.96 bits per heavy atom. The molecule has 1 amide bonds. The largest absolute Gasteiger partial charge is 0.444 e. The molecule has 26 heavy (non-hydrogen) atoms. The van der Waals surface area contributed by atoms with Gasteiger partial charge in [-0.05, 0) is 43.9 Å². The number of nitrogens with one attached hydrogen (secondary N) is 1. The lowest BCUT2D eigenvalue weighted by Gasteiger charge is -2.23. The standard InChI is InChI=1S/C20H20FN3O2/c1-24(2)18(15-9-6-10-16(21)11-15)19(25)22-12-17-13-26-20(23-17)14-7-4-3-5-8-14/h3-11,13,18H,12H2,1-2H3,(H,22,25)/t18-/m0/s1. The highest BCUT2D eigenvalue weighted by atomic mass is 19.1. The van der Waals surface area contributed by atoms with Gasteiger partial charge in [0.05, 0.1) is 12.2 Å². The molecule has 0 radical (unpaired) electrons. The van der Waals surface area contributed by atoms with Crippen LogP contribution in [0.25, 0.3) is 11.5 Å². The van der Waals surface area contributed by atoms with Gasteiger partial charge in [-0.25, -0.2) is 9.37 Å². The first-order valence-electron chi connectivity index (χ1n) is 8.24. The van der Waals surface area contributed by atoms with Crippen molar-refractivity contribution in [2.75, 3.05) is 14.1 Å². The van der Waals surface area contributed by atoms with Crippen LogP contribution in [0, 0.1) is 5.82 Å². The molecule has 0 aliphatic carbocycles. The Morgan fingerprint density at radius 1 is 1.19 bits per heavy atom.